The Morgan fingerprint density at radius 2 is 1.83 bits per heavy atom. The molecule has 1 saturated carbocycles. The molecule has 1 aliphatic heterocycles. The third-order valence-corrected chi connectivity index (χ3v) is 8.63. The molecule has 0 bridgehead atoms. The van der Waals surface area contributed by atoms with E-state index in [9.17, 15) is 19.5 Å². The average molecular weight is 687 g/mol. The number of carbonyl (C=O) groups is 3. The molecule has 0 spiro atoms. The molecular formula is C32H45ClF2N4O8. The molecule has 6 atom stereocenters. The number of aromatic nitrogens is 2. The molecule has 47 heavy (non-hydrogen) atoms. The number of carboxylic acids is 1. The highest BCUT2D eigenvalue weighted by atomic mass is 35.5. The van der Waals surface area contributed by atoms with Gasteiger partial charge in [0.05, 0.1) is 25.3 Å². The van der Waals surface area contributed by atoms with Gasteiger partial charge in [-0.2, -0.15) is 8.78 Å². The van der Waals surface area contributed by atoms with Gasteiger partial charge in [-0.05, 0) is 49.1 Å². The van der Waals surface area contributed by atoms with Crippen LogP contribution in [0.3, 0.4) is 0 Å². The molecule has 2 heterocycles. The van der Waals surface area contributed by atoms with Gasteiger partial charge < -0.3 is 34.7 Å². The summed E-state index contributed by atoms with van der Waals surface area (Å²) in [5, 5.41) is 14.9. The number of fused-ring (bicyclic) bond motifs is 1. The van der Waals surface area contributed by atoms with Gasteiger partial charge in [-0.25, -0.2) is 19.6 Å². The predicted octanol–water partition coefficient (Wildman–Crippen LogP) is 5.24. The first-order valence-corrected chi connectivity index (χ1v) is 15.6. The van der Waals surface area contributed by atoms with Gasteiger partial charge in [0.25, 0.3) is 5.92 Å². The number of nitrogens with zero attached hydrogens (tertiary/aromatic N) is 2. The molecule has 12 nitrogen and oxygen atoms in total. The Morgan fingerprint density at radius 3 is 2.45 bits per heavy atom. The van der Waals surface area contributed by atoms with Crippen LogP contribution in [-0.4, -0.2) is 78.2 Å². The summed E-state index contributed by atoms with van der Waals surface area (Å²) in [5.74, 6) is -5.08. The molecule has 1 saturated heterocycles. The number of unbranched alkanes of at least 4 members (excludes halogenated alkanes) is 1. The van der Waals surface area contributed by atoms with Crippen molar-refractivity contribution in [2.45, 2.75) is 96.4 Å². The third kappa shape index (κ3) is 9.31. The summed E-state index contributed by atoms with van der Waals surface area (Å²) in [5.41, 5.74) is -0.681. The zero-order valence-corrected chi connectivity index (χ0v) is 28.3. The van der Waals surface area contributed by atoms with E-state index >= 15 is 8.78 Å². The topological polar surface area (TPSA) is 158 Å². The second-order valence-corrected chi connectivity index (χ2v) is 13.0. The van der Waals surface area contributed by atoms with Gasteiger partial charge in [-0.1, -0.05) is 34.1 Å². The van der Waals surface area contributed by atoms with Crippen LogP contribution in [-0.2, 0) is 25.0 Å². The van der Waals surface area contributed by atoms with Crippen molar-refractivity contribution in [3.05, 3.63) is 23.9 Å². The van der Waals surface area contributed by atoms with Crippen LogP contribution in [0, 0.1) is 17.3 Å². The van der Waals surface area contributed by atoms with Crippen molar-refractivity contribution in [3.63, 3.8) is 0 Å². The number of hydrogen-bond donors (Lipinski definition) is 3. The van der Waals surface area contributed by atoms with E-state index in [0.717, 1.165) is 0 Å². The van der Waals surface area contributed by atoms with E-state index in [0.29, 0.717) is 36.9 Å². The van der Waals surface area contributed by atoms with Crippen molar-refractivity contribution < 1.29 is 47.2 Å². The van der Waals surface area contributed by atoms with Crippen molar-refractivity contribution in [1.82, 2.24) is 20.6 Å². The number of benzene rings is 1. The van der Waals surface area contributed by atoms with Gasteiger partial charge in [0.1, 0.15) is 30.0 Å². The molecule has 2 aliphatic rings. The van der Waals surface area contributed by atoms with Crippen molar-refractivity contribution in [2.75, 3.05) is 20.8 Å². The van der Waals surface area contributed by atoms with Gasteiger partial charge in [0.15, 0.2) is 5.69 Å². The molecule has 2 aromatic rings. The lowest BCUT2D eigenvalue weighted by Crippen LogP contribution is -2.49. The Bertz CT molecular complexity index is 1430. The van der Waals surface area contributed by atoms with E-state index in [1.165, 1.54) is 14.2 Å². The number of esters is 1. The van der Waals surface area contributed by atoms with Crippen LogP contribution < -0.4 is 20.1 Å². The van der Waals surface area contributed by atoms with Crippen LogP contribution in [0.15, 0.2) is 18.2 Å². The fraction of sp³-hybridized carbons (Fsp3) is 0.656. The number of ether oxygens (including phenoxy) is 4. The maximum absolute atomic E-state index is 15.9. The highest BCUT2D eigenvalue weighted by Gasteiger charge is 2.45. The molecule has 1 aromatic heterocycles. The molecule has 2 fully saturated rings. The number of methoxy groups -OCH3 is 2. The number of aliphatic carboxylic acids is 1. The summed E-state index contributed by atoms with van der Waals surface area (Å²) in [7, 11) is 2.79. The fourth-order valence-electron chi connectivity index (χ4n) is 5.86. The van der Waals surface area contributed by atoms with Gasteiger partial charge in [0, 0.05) is 24.9 Å². The van der Waals surface area contributed by atoms with Crippen molar-refractivity contribution >= 4 is 41.5 Å². The largest absolute Gasteiger partial charge is 0.497 e. The molecule has 15 heteroatoms. The monoisotopic (exact) mass is 686 g/mol. The van der Waals surface area contributed by atoms with E-state index in [4.69, 9.17) is 18.9 Å². The molecule has 0 unspecified atom stereocenters. The van der Waals surface area contributed by atoms with Gasteiger partial charge in [-0.15, -0.1) is 12.4 Å². The van der Waals surface area contributed by atoms with Crippen LogP contribution in [0.2, 0.25) is 0 Å². The fourth-order valence-corrected chi connectivity index (χ4v) is 5.86. The Labute approximate surface area is 279 Å². The van der Waals surface area contributed by atoms with E-state index in [1.54, 1.807) is 39.0 Å². The predicted molar refractivity (Wildman–Crippen MR) is 170 cm³/mol. The number of alkyl halides is 2. The first kappa shape index (κ1) is 37.9. The summed E-state index contributed by atoms with van der Waals surface area (Å²) >= 11 is 0. The Hall–Kier alpha value is -3.52. The Kier molecular flexibility index (Phi) is 12.6. The lowest BCUT2D eigenvalue weighted by atomic mass is 9.87. The number of rotatable bonds is 14. The number of carbonyl (C=O) groups excluding carboxylic acids is 2. The first-order chi connectivity index (χ1) is 21.7. The highest BCUT2D eigenvalue weighted by Crippen LogP contribution is 2.42. The third-order valence-electron chi connectivity index (χ3n) is 8.63. The number of alkyl carbamates (subject to hydrolysis) is 1. The summed E-state index contributed by atoms with van der Waals surface area (Å²) in [6.45, 7) is 7.23. The molecule has 1 aliphatic carbocycles. The van der Waals surface area contributed by atoms with E-state index < -0.39 is 59.7 Å². The molecule has 1 amide bonds. The second-order valence-electron chi connectivity index (χ2n) is 13.0. The zero-order valence-electron chi connectivity index (χ0n) is 27.5. The molecule has 4 rings (SSSR count). The number of carboxylic acid groups (broad SMARTS) is 1. The lowest BCUT2D eigenvalue weighted by Gasteiger charge is -2.27. The minimum Gasteiger partial charge on any atom is -0.497 e. The van der Waals surface area contributed by atoms with Crippen molar-refractivity contribution in [3.8, 4) is 11.6 Å². The number of hydrogen-bond acceptors (Lipinski definition) is 10. The van der Waals surface area contributed by atoms with Crippen molar-refractivity contribution in [1.29, 1.82) is 0 Å². The molecule has 262 valence electrons. The van der Waals surface area contributed by atoms with Crippen LogP contribution in [0.1, 0.15) is 71.9 Å². The molecule has 1 aromatic carbocycles. The Morgan fingerprint density at radius 1 is 1.11 bits per heavy atom. The number of nitrogens with one attached hydrogen (secondary N) is 2. The number of amides is 1. The maximum atomic E-state index is 15.9. The van der Waals surface area contributed by atoms with E-state index in [2.05, 4.69) is 20.6 Å². The van der Waals surface area contributed by atoms with Gasteiger partial charge >= 0.3 is 18.0 Å². The van der Waals surface area contributed by atoms with Crippen molar-refractivity contribution in [2.24, 2.45) is 17.3 Å². The Balaban J connectivity index is 0.00000600. The SMILES string of the molecule is CC[C@@H]1[C@@H](Oc2nc3cc(OC)ccc3nc2C(F)(F)CCCC[C@H]2C[C@@H]2OC(=O)N[C@H](C(=O)O)C(C)(C)C)CN[C@@H]1C(=O)OC.Cl. The quantitative estimate of drug-likeness (QED) is 0.176. The smallest absolute Gasteiger partial charge is 0.408 e. The first-order valence-electron chi connectivity index (χ1n) is 15.6. The summed E-state index contributed by atoms with van der Waals surface area (Å²) in [6.07, 6.45) is 0.0408. The molecular weight excluding hydrogens is 642 g/mol. The minimum atomic E-state index is -3.37. The van der Waals surface area contributed by atoms with E-state index in [1.807, 2.05) is 6.92 Å². The summed E-state index contributed by atoms with van der Waals surface area (Å²) < 4.78 is 53.3. The van der Waals surface area contributed by atoms with Gasteiger partial charge in [-0.3, -0.25) is 4.79 Å². The highest BCUT2D eigenvalue weighted by molar-refractivity contribution is 5.85. The van der Waals surface area contributed by atoms with Crippen LogP contribution in [0.5, 0.6) is 11.6 Å². The summed E-state index contributed by atoms with van der Waals surface area (Å²) in [4.78, 5) is 44.8. The van der Waals surface area contributed by atoms with Crippen LogP contribution in [0.4, 0.5) is 13.6 Å². The summed E-state index contributed by atoms with van der Waals surface area (Å²) in [6, 6.07) is 3.04. The number of halogens is 3. The normalized spacial score (nSPS) is 22.9. The standard InChI is InChI=1S/C32H44F2N4O8.ClH/c1-7-19-23(16-35-24(19)29(41)44-6)45-27-25(36-20-12-11-18(43-5)15-21(20)37-27)32(33,34)13-9-8-10-17-14-22(17)46-30(42)38-26(28(39)40)31(2,3)4;/h11-12,15,17,19,22-24,26,35H,7-10,13-14,16H2,1-6H3,(H,38,42)(H,39,40);1H/t17-,19+,22-,23-,24-,26+;/m0./s1. The zero-order chi connectivity index (χ0) is 33.8. The van der Waals surface area contributed by atoms with E-state index in [-0.39, 0.29) is 54.7 Å². The molecule has 3 N–H and O–H groups in total. The average Bonchev–Trinajstić information content (AvgIpc) is 3.61. The molecule has 0 radical (unpaired) electrons. The van der Waals surface area contributed by atoms with Gasteiger partial charge in [0.2, 0.25) is 5.88 Å². The maximum Gasteiger partial charge on any atom is 0.408 e. The minimum absolute atomic E-state index is 0. The lowest BCUT2D eigenvalue weighted by molar-refractivity contribution is -0.144. The second kappa shape index (κ2) is 15.6. The van der Waals surface area contributed by atoms with Crippen LogP contribution in [0.25, 0.3) is 11.0 Å². The van der Waals surface area contributed by atoms with Crippen LogP contribution >= 0.6 is 12.4 Å².